The number of ether oxygens (including phenoxy) is 3. The molecule has 37 heavy (non-hydrogen) atoms. The molecule has 1 atom stereocenters. The quantitative estimate of drug-likeness (QED) is 0.361. The molecule has 0 bridgehead atoms. The molecule has 0 unspecified atom stereocenters. The molecule has 0 aliphatic carbocycles. The zero-order valence-corrected chi connectivity index (χ0v) is 20.8. The third-order valence-electron chi connectivity index (χ3n) is 6.13. The molecule has 188 valence electrons. The first-order chi connectivity index (χ1) is 18.1. The fourth-order valence-corrected chi connectivity index (χ4v) is 4.34. The molecule has 5 rings (SSSR count). The molecule has 9 heteroatoms. The van der Waals surface area contributed by atoms with Crippen LogP contribution in [0.3, 0.4) is 0 Å². The number of allylic oxidation sites excluding steroid dienone is 1. The normalized spacial score (nSPS) is 14.4. The smallest absolute Gasteiger partial charge is 0.255 e. The number of benzene rings is 3. The van der Waals surface area contributed by atoms with Gasteiger partial charge in [-0.1, -0.05) is 48.5 Å². The maximum absolute atomic E-state index is 13.7. The Balaban J connectivity index is 1.49. The van der Waals surface area contributed by atoms with E-state index in [0.29, 0.717) is 46.8 Å². The second kappa shape index (κ2) is 10.4. The Hall–Kier alpha value is -4.79. The first-order valence-corrected chi connectivity index (χ1v) is 11.8. The minimum Gasteiger partial charge on any atom is -0.495 e. The summed E-state index contributed by atoms with van der Waals surface area (Å²) in [6.07, 6.45) is 1.46. The second-order valence-electron chi connectivity index (χ2n) is 8.43. The number of carbonyl (C=O) groups is 1. The van der Waals surface area contributed by atoms with E-state index in [1.165, 1.54) is 6.33 Å². The summed E-state index contributed by atoms with van der Waals surface area (Å²) in [4.78, 5) is 18.0. The predicted molar refractivity (Wildman–Crippen MR) is 140 cm³/mol. The molecule has 0 spiro atoms. The van der Waals surface area contributed by atoms with Gasteiger partial charge in [0.15, 0.2) is 11.5 Å². The number of anilines is 2. The van der Waals surface area contributed by atoms with Crippen LogP contribution in [0, 0.1) is 0 Å². The maximum atomic E-state index is 13.7. The monoisotopic (exact) mass is 497 g/mol. The molecule has 4 aromatic rings. The van der Waals surface area contributed by atoms with Gasteiger partial charge in [0.2, 0.25) is 5.95 Å². The van der Waals surface area contributed by atoms with Crippen LogP contribution in [0.25, 0.3) is 0 Å². The fraction of sp³-hybridized carbons (Fsp3) is 0.179. The van der Waals surface area contributed by atoms with E-state index in [1.807, 2.05) is 67.6 Å². The molecular formula is C28H27N5O4. The van der Waals surface area contributed by atoms with Gasteiger partial charge in [0.25, 0.3) is 5.91 Å². The molecule has 0 saturated heterocycles. The van der Waals surface area contributed by atoms with E-state index in [4.69, 9.17) is 14.2 Å². The predicted octanol–water partition coefficient (Wildman–Crippen LogP) is 4.80. The second-order valence-corrected chi connectivity index (χ2v) is 8.43. The van der Waals surface area contributed by atoms with Crippen LogP contribution in [0.2, 0.25) is 0 Å². The van der Waals surface area contributed by atoms with Gasteiger partial charge in [-0.15, -0.1) is 0 Å². The number of aromatic nitrogens is 3. The van der Waals surface area contributed by atoms with Crippen LogP contribution < -0.4 is 24.8 Å². The molecule has 1 aromatic heterocycles. The van der Waals surface area contributed by atoms with Gasteiger partial charge in [-0.3, -0.25) is 4.79 Å². The number of carbonyl (C=O) groups excluding carboxylic acids is 1. The summed E-state index contributed by atoms with van der Waals surface area (Å²) in [5, 5.41) is 10.6. The number of nitrogens with one attached hydrogen (secondary N) is 2. The zero-order chi connectivity index (χ0) is 25.8. The van der Waals surface area contributed by atoms with Gasteiger partial charge in [-0.25, -0.2) is 4.68 Å². The van der Waals surface area contributed by atoms with Gasteiger partial charge in [0.1, 0.15) is 24.7 Å². The average Bonchev–Trinajstić information content (AvgIpc) is 3.40. The lowest BCUT2D eigenvalue weighted by molar-refractivity contribution is -0.113. The van der Waals surface area contributed by atoms with Crippen molar-refractivity contribution in [1.29, 1.82) is 0 Å². The highest BCUT2D eigenvalue weighted by Crippen LogP contribution is 2.39. The summed E-state index contributed by atoms with van der Waals surface area (Å²) in [6, 6.07) is 22.3. The van der Waals surface area contributed by atoms with E-state index in [0.717, 1.165) is 11.1 Å². The number of nitrogens with zero attached hydrogens (tertiary/aromatic N) is 3. The van der Waals surface area contributed by atoms with Crippen molar-refractivity contribution in [2.75, 3.05) is 24.9 Å². The van der Waals surface area contributed by atoms with E-state index in [2.05, 4.69) is 20.7 Å². The Labute approximate surface area is 214 Å². The number of hydrogen-bond acceptors (Lipinski definition) is 7. The standard InChI is InChI=1S/C28H27N5O4/c1-18-25(27(34)32-21-11-7-8-12-22(21)35-2)26(33-28(31-18)29-17-30-33)20-13-14-23(24(15-20)36-3)37-16-19-9-5-4-6-10-19/h4-15,17,26H,16H2,1-3H3,(H,32,34)(H,29,30,31)/t26-/m0/s1. The highest BCUT2D eigenvalue weighted by atomic mass is 16.5. The lowest BCUT2D eigenvalue weighted by Gasteiger charge is -2.29. The summed E-state index contributed by atoms with van der Waals surface area (Å²) >= 11 is 0. The number of amides is 1. The van der Waals surface area contributed by atoms with Crippen LogP contribution in [-0.4, -0.2) is 34.9 Å². The number of rotatable bonds is 8. The zero-order valence-electron chi connectivity index (χ0n) is 20.8. The molecule has 0 fully saturated rings. The van der Waals surface area contributed by atoms with Gasteiger partial charge in [0, 0.05) is 5.70 Å². The number of para-hydroxylation sites is 2. The molecule has 0 radical (unpaired) electrons. The lowest BCUT2D eigenvalue weighted by atomic mass is 9.94. The Morgan fingerprint density at radius 1 is 0.973 bits per heavy atom. The molecule has 2 N–H and O–H groups in total. The van der Waals surface area contributed by atoms with Gasteiger partial charge in [-0.2, -0.15) is 10.1 Å². The van der Waals surface area contributed by atoms with E-state index < -0.39 is 6.04 Å². The van der Waals surface area contributed by atoms with Crippen molar-refractivity contribution in [3.8, 4) is 17.2 Å². The highest BCUT2D eigenvalue weighted by Gasteiger charge is 2.34. The van der Waals surface area contributed by atoms with Crippen molar-refractivity contribution >= 4 is 17.5 Å². The van der Waals surface area contributed by atoms with E-state index >= 15 is 0 Å². The number of hydrogen-bond donors (Lipinski definition) is 2. The van der Waals surface area contributed by atoms with E-state index in [-0.39, 0.29) is 5.91 Å². The van der Waals surface area contributed by atoms with Crippen LogP contribution in [0.5, 0.6) is 17.2 Å². The first-order valence-electron chi connectivity index (χ1n) is 11.8. The number of fused-ring (bicyclic) bond motifs is 1. The molecule has 0 saturated carbocycles. The van der Waals surface area contributed by atoms with Crippen LogP contribution in [0.1, 0.15) is 24.1 Å². The van der Waals surface area contributed by atoms with Gasteiger partial charge in [-0.05, 0) is 42.3 Å². The maximum Gasteiger partial charge on any atom is 0.255 e. The Morgan fingerprint density at radius 2 is 1.73 bits per heavy atom. The summed E-state index contributed by atoms with van der Waals surface area (Å²) < 4.78 is 18.8. The minimum atomic E-state index is -0.550. The summed E-state index contributed by atoms with van der Waals surface area (Å²) in [5.41, 5.74) is 3.57. The molecule has 9 nitrogen and oxygen atoms in total. The van der Waals surface area contributed by atoms with E-state index in [1.54, 1.807) is 31.0 Å². The SMILES string of the molecule is COc1ccccc1NC(=O)C1=C(C)Nc2ncnn2[C@H]1c1ccc(OCc2ccccc2)c(OC)c1. The Bertz CT molecular complexity index is 1450. The molecule has 2 heterocycles. The van der Waals surface area contributed by atoms with Crippen LogP contribution in [0.4, 0.5) is 11.6 Å². The number of methoxy groups -OCH3 is 2. The first kappa shape index (κ1) is 23.9. The van der Waals surface area contributed by atoms with Crippen molar-refractivity contribution in [2.24, 2.45) is 0 Å². The van der Waals surface area contributed by atoms with Crippen LogP contribution >= 0.6 is 0 Å². The summed E-state index contributed by atoms with van der Waals surface area (Å²) in [6.45, 7) is 2.25. The third-order valence-corrected chi connectivity index (χ3v) is 6.13. The van der Waals surface area contributed by atoms with Gasteiger partial charge in [0.05, 0.1) is 25.5 Å². The summed E-state index contributed by atoms with van der Waals surface area (Å²) in [7, 11) is 3.16. The largest absolute Gasteiger partial charge is 0.495 e. The lowest BCUT2D eigenvalue weighted by Crippen LogP contribution is -2.31. The molecule has 3 aromatic carbocycles. The van der Waals surface area contributed by atoms with Crippen molar-refractivity contribution < 1.29 is 19.0 Å². The topological polar surface area (TPSA) is 99.5 Å². The molecule has 1 amide bonds. The summed E-state index contributed by atoms with van der Waals surface area (Å²) in [5.74, 6) is 1.97. The Morgan fingerprint density at radius 3 is 2.51 bits per heavy atom. The van der Waals surface area contributed by atoms with Gasteiger partial charge >= 0.3 is 0 Å². The molecule has 1 aliphatic heterocycles. The van der Waals surface area contributed by atoms with Crippen molar-refractivity contribution in [3.63, 3.8) is 0 Å². The van der Waals surface area contributed by atoms with Crippen molar-refractivity contribution in [2.45, 2.75) is 19.6 Å². The van der Waals surface area contributed by atoms with Crippen molar-refractivity contribution in [1.82, 2.24) is 14.8 Å². The fourth-order valence-electron chi connectivity index (χ4n) is 4.34. The molecular weight excluding hydrogens is 470 g/mol. The van der Waals surface area contributed by atoms with Crippen LogP contribution in [-0.2, 0) is 11.4 Å². The van der Waals surface area contributed by atoms with E-state index in [9.17, 15) is 4.79 Å². The van der Waals surface area contributed by atoms with Gasteiger partial charge < -0.3 is 24.8 Å². The Kier molecular flexibility index (Phi) is 6.76. The average molecular weight is 498 g/mol. The minimum absolute atomic E-state index is 0.288. The van der Waals surface area contributed by atoms with Crippen molar-refractivity contribution in [3.05, 3.63) is 102 Å². The third kappa shape index (κ3) is 4.84. The van der Waals surface area contributed by atoms with Crippen LogP contribution in [0.15, 0.2) is 90.4 Å². The highest BCUT2D eigenvalue weighted by molar-refractivity contribution is 6.06. The molecule has 1 aliphatic rings.